The molecule has 0 aliphatic rings. The third-order valence-electron chi connectivity index (χ3n) is 2.31. The summed E-state index contributed by atoms with van der Waals surface area (Å²) in [4.78, 5) is 11.7. The van der Waals surface area contributed by atoms with Crippen molar-refractivity contribution in [3.05, 3.63) is 28.3 Å². The first kappa shape index (κ1) is 14.9. The highest BCUT2D eigenvalue weighted by Crippen LogP contribution is 2.23. The van der Waals surface area contributed by atoms with Crippen LogP contribution in [0.25, 0.3) is 0 Å². The van der Waals surface area contributed by atoms with E-state index in [-0.39, 0.29) is 27.4 Å². The second kappa shape index (κ2) is 5.26. The van der Waals surface area contributed by atoms with Crippen LogP contribution in [0.5, 0.6) is 0 Å². The van der Waals surface area contributed by atoms with E-state index in [1.165, 1.54) is 12.1 Å². The quantitative estimate of drug-likeness (QED) is 0.882. The Hall–Kier alpha value is -1.11. The zero-order valence-corrected chi connectivity index (χ0v) is 11.9. The van der Waals surface area contributed by atoms with Crippen LogP contribution in [0.2, 0.25) is 5.02 Å². The molecule has 0 aliphatic carbocycles. The molecule has 1 aromatic carbocycles. The zero-order chi connectivity index (χ0) is 14.1. The number of rotatable bonds is 3. The Labute approximate surface area is 111 Å². The molecular weight excluding hydrogens is 276 g/mol. The van der Waals surface area contributed by atoms with Gasteiger partial charge in [-0.15, -0.1) is 0 Å². The summed E-state index contributed by atoms with van der Waals surface area (Å²) in [5.74, 6) is -0.380. The van der Waals surface area contributed by atoms with Gasteiger partial charge in [0.05, 0.1) is 4.90 Å². The van der Waals surface area contributed by atoms with Crippen LogP contribution in [0, 0.1) is 6.92 Å². The maximum atomic E-state index is 11.9. The average Bonchev–Trinajstić information content (AvgIpc) is 2.18. The summed E-state index contributed by atoms with van der Waals surface area (Å²) in [7, 11) is -3.89. The molecule has 18 heavy (non-hydrogen) atoms. The maximum Gasteiger partial charge on any atom is 0.251 e. The number of nitrogens with two attached hydrogens (primary N) is 1. The van der Waals surface area contributed by atoms with Crippen molar-refractivity contribution in [2.75, 3.05) is 0 Å². The van der Waals surface area contributed by atoms with Gasteiger partial charge >= 0.3 is 0 Å². The molecule has 100 valence electrons. The van der Waals surface area contributed by atoms with Gasteiger partial charge in [-0.1, -0.05) is 11.6 Å². The van der Waals surface area contributed by atoms with Crippen LogP contribution < -0.4 is 10.5 Å². The monoisotopic (exact) mass is 290 g/mol. The average molecular weight is 291 g/mol. The van der Waals surface area contributed by atoms with Crippen molar-refractivity contribution < 1.29 is 13.2 Å². The second-order valence-electron chi connectivity index (χ2n) is 4.25. The second-order valence-corrected chi connectivity index (χ2v) is 6.22. The molecular formula is C11H15ClN2O3S. The minimum Gasteiger partial charge on any atom is -0.350 e. The van der Waals surface area contributed by atoms with Crippen molar-refractivity contribution in [1.82, 2.24) is 5.32 Å². The normalized spacial score (nSPS) is 11.7. The molecule has 0 radical (unpaired) electrons. The van der Waals surface area contributed by atoms with Gasteiger partial charge in [-0.05, 0) is 38.5 Å². The first-order valence-electron chi connectivity index (χ1n) is 5.26. The molecule has 0 heterocycles. The molecule has 0 spiro atoms. The van der Waals surface area contributed by atoms with Crippen molar-refractivity contribution in [1.29, 1.82) is 0 Å². The summed E-state index contributed by atoms with van der Waals surface area (Å²) in [5, 5.41) is 7.89. The van der Waals surface area contributed by atoms with Crippen molar-refractivity contribution in [2.24, 2.45) is 5.14 Å². The Morgan fingerprint density at radius 3 is 2.39 bits per heavy atom. The zero-order valence-electron chi connectivity index (χ0n) is 10.3. The number of carbonyl (C=O) groups excluding carboxylic acids is 1. The predicted molar refractivity (Wildman–Crippen MR) is 70.2 cm³/mol. The minimum absolute atomic E-state index is 0.0613. The molecule has 5 nitrogen and oxygen atoms in total. The Bertz CT molecular complexity index is 582. The van der Waals surface area contributed by atoms with Gasteiger partial charge in [0.15, 0.2) is 0 Å². The standard InChI is InChI=1S/C11H15ClN2O3S/c1-6(2)14-11(15)9-4-8(18(13,16)17)5-10(12)7(9)3/h4-6H,1-3H3,(H,14,15)(H2,13,16,17). The smallest absolute Gasteiger partial charge is 0.251 e. The van der Waals surface area contributed by atoms with Gasteiger partial charge in [-0.2, -0.15) is 0 Å². The number of primary sulfonamides is 1. The topological polar surface area (TPSA) is 89.3 Å². The molecule has 0 aromatic heterocycles. The van der Waals surface area contributed by atoms with E-state index in [9.17, 15) is 13.2 Å². The van der Waals surface area contributed by atoms with Crippen LogP contribution in [-0.4, -0.2) is 20.4 Å². The van der Waals surface area contributed by atoms with E-state index in [0.29, 0.717) is 5.56 Å². The van der Waals surface area contributed by atoms with E-state index in [1.54, 1.807) is 20.8 Å². The molecule has 0 fully saturated rings. The van der Waals surface area contributed by atoms with Gasteiger partial charge in [0.2, 0.25) is 10.0 Å². The summed E-state index contributed by atoms with van der Waals surface area (Å²) in [6.45, 7) is 5.25. The number of sulfonamides is 1. The SMILES string of the molecule is Cc1c(Cl)cc(S(N)(=O)=O)cc1C(=O)NC(C)C. The van der Waals surface area contributed by atoms with Crippen LogP contribution in [0.1, 0.15) is 29.8 Å². The lowest BCUT2D eigenvalue weighted by Gasteiger charge is -2.12. The Morgan fingerprint density at radius 1 is 1.39 bits per heavy atom. The van der Waals surface area contributed by atoms with Crippen molar-refractivity contribution in [3.63, 3.8) is 0 Å². The first-order chi connectivity index (χ1) is 8.12. The summed E-state index contributed by atoms with van der Waals surface area (Å²) >= 11 is 5.91. The van der Waals surface area contributed by atoms with Crippen molar-refractivity contribution >= 4 is 27.5 Å². The molecule has 0 aliphatic heterocycles. The highest BCUT2D eigenvalue weighted by Gasteiger charge is 2.18. The molecule has 1 aromatic rings. The number of halogens is 1. The minimum atomic E-state index is -3.89. The Balaban J connectivity index is 3.36. The summed E-state index contributed by atoms with van der Waals surface area (Å²) in [6, 6.07) is 2.40. The van der Waals surface area contributed by atoms with Crippen molar-refractivity contribution in [3.8, 4) is 0 Å². The highest BCUT2D eigenvalue weighted by molar-refractivity contribution is 7.89. The van der Waals surface area contributed by atoms with Crippen LogP contribution in [0.15, 0.2) is 17.0 Å². The fourth-order valence-corrected chi connectivity index (χ4v) is 2.24. The number of hydrogen-bond donors (Lipinski definition) is 2. The lowest BCUT2D eigenvalue weighted by molar-refractivity contribution is 0.0942. The van der Waals surface area contributed by atoms with E-state index in [2.05, 4.69) is 5.32 Å². The Kier molecular flexibility index (Phi) is 4.37. The van der Waals surface area contributed by atoms with Crippen molar-refractivity contribution in [2.45, 2.75) is 31.7 Å². The molecule has 0 bridgehead atoms. The highest BCUT2D eigenvalue weighted by atomic mass is 35.5. The third-order valence-corrected chi connectivity index (χ3v) is 3.60. The van der Waals surface area contributed by atoms with E-state index >= 15 is 0 Å². The van der Waals surface area contributed by atoms with E-state index in [1.807, 2.05) is 0 Å². The fraction of sp³-hybridized carbons (Fsp3) is 0.364. The first-order valence-corrected chi connectivity index (χ1v) is 7.19. The van der Waals surface area contributed by atoms with Crippen LogP contribution in [0.3, 0.4) is 0 Å². The van der Waals surface area contributed by atoms with Crippen LogP contribution in [0.4, 0.5) is 0 Å². The van der Waals surface area contributed by atoms with E-state index < -0.39 is 10.0 Å². The lowest BCUT2D eigenvalue weighted by atomic mass is 10.1. The van der Waals surface area contributed by atoms with Gasteiger partial charge in [-0.3, -0.25) is 4.79 Å². The molecule has 1 rings (SSSR count). The van der Waals surface area contributed by atoms with E-state index in [4.69, 9.17) is 16.7 Å². The molecule has 0 saturated heterocycles. The van der Waals surface area contributed by atoms with Crippen LogP contribution >= 0.6 is 11.6 Å². The Morgan fingerprint density at radius 2 is 1.94 bits per heavy atom. The van der Waals surface area contributed by atoms with E-state index in [0.717, 1.165) is 0 Å². The number of benzene rings is 1. The van der Waals surface area contributed by atoms with Crippen LogP contribution in [-0.2, 0) is 10.0 Å². The molecule has 1 amide bonds. The van der Waals surface area contributed by atoms with Gasteiger partial charge in [-0.25, -0.2) is 13.6 Å². The molecule has 3 N–H and O–H groups in total. The lowest BCUT2D eigenvalue weighted by Crippen LogP contribution is -2.31. The van der Waals surface area contributed by atoms with Gasteiger partial charge < -0.3 is 5.32 Å². The summed E-state index contributed by atoms with van der Waals surface area (Å²) in [6.07, 6.45) is 0. The van der Waals surface area contributed by atoms with Gasteiger partial charge in [0, 0.05) is 16.6 Å². The fourth-order valence-electron chi connectivity index (χ4n) is 1.39. The number of hydrogen-bond acceptors (Lipinski definition) is 3. The third kappa shape index (κ3) is 3.44. The van der Waals surface area contributed by atoms with Gasteiger partial charge in [0.25, 0.3) is 5.91 Å². The molecule has 7 heteroatoms. The predicted octanol–water partition coefficient (Wildman–Crippen LogP) is 1.43. The molecule has 0 unspecified atom stereocenters. The summed E-state index contributed by atoms with van der Waals surface area (Å²) in [5.41, 5.74) is 0.724. The molecule has 0 atom stereocenters. The maximum absolute atomic E-state index is 11.9. The number of carbonyl (C=O) groups is 1. The largest absolute Gasteiger partial charge is 0.350 e. The number of amides is 1. The summed E-state index contributed by atoms with van der Waals surface area (Å²) < 4.78 is 22.6. The number of nitrogens with one attached hydrogen (secondary N) is 1. The molecule has 0 saturated carbocycles. The van der Waals surface area contributed by atoms with Gasteiger partial charge in [0.1, 0.15) is 0 Å².